The van der Waals surface area contributed by atoms with Gasteiger partial charge in [-0.1, -0.05) is 65.2 Å². The zero-order valence-electron chi connectivity index (χ0n) is 11.3. The van der Waals surface area contributed by atoms with Crippen molar-refractivity contribution < 1.29 is 8.42 Å². The third kappa shape index (κ3) is 9.90. The van der Waals surface area contributed by atoms with E-state index in [0.29, 0.717) is 0 Å². The number of hydrogen-bond donors (Lipinski definition) is 0. The minimum Gasteiger partial charge on any atom is -0.212 e. The third-order valence-corrected chi connectivity index (χ3v) is 5.18. The van der Waals surface area contributed by atoms with Crippen molar-refractivity contribution in [3.63, 3.8) is 0 Å². The van der Waals surface area contributed by atoms with E-state index in [2.05, 4.69) is 13.8 Å². The van der Waals surface area contributed by atoms with Crippen LogP contribution < -0.4 is 0 Å². The van der Waals surface area contributed by atoms with Crippen LogP contribution in [0.3, 0.4) is 0 Å². The predicted octanol–water partition coefficient (Wildman–Crippen LogP) is 4.86. The highest BCUT2D eigenvalue weighted by atomic mass is 35.7. The molecule has 0 aliphatic carbocycles. The monoisotopic (exact) mass is 282 g/mol. The average molecular weight is 283 g/mol. The lowest BCUT2D eigenvalue weighted by atomic mass is 10.1. The van der Waals surface area contributed by atoms with Gasteiger partial charge < -0.3 is 0 Å². The Labute approximate surface area is 112 Å². The van der Waals surface area contributed by atoms with Gasteiger partial charge in [-0.25, -0.2) is 8.42 Å². The highest BCUT2D eigenvalue weighted by Gasteiger charge is 2.21. The summed E-state index contributed by atoms with van der Waals surface area (Å²) in [6, 6.07) is 0. The molecule has 1 atom stereocenters. The van der Waals surface area contributed by atoms with Crippen molar-refractivity contribution in [3.05, 3.63) is 0 Å². The first-order chi connectivity index (χ1) is 8.02. The largest absolute Gasteiger partial charge is 0.235 e. The molecule has 0 spiro atoms. The molecule has 0 radical (unpaired) electrons. The summed E-state index contributed by atoms with van der Waals surface area (Å²) in [6.45, 7) is 4.27. The molecule has 0 fully saturated rings. The van der Waals surface area contributed by atoms with Gasteiger partial charge in [-0.2, -0.15) is 0 Å². The zero-order valence-corrected chi connectivity index (χ0v) is 12.8. The molecule has 0 rings (SSSR count). The first-order valence-electron chi connectivity index (χ1n) is 6.95. The van der Waals surface area contributed by atoms with E-state index in [9.17, 15) is 8.42 Å². The van der Waals surface area contributed by atoms with E-state index in [1.54, 1.807) is 0 Å². The summed E-state index contributed by atoms with van der Waals surface area (Å²) in [7, 11) is 2.11. The first kappa shape index (κ1) is 17.2. The highest BCUT2D eigenvalue weighted by Crippen LogP contribution is 2.21. The van der Waals surface area contributed by atoms with E-state index in [0.717, 1.165) is 38.5 Å². The molecule has 4 heteroatoms. The van der Waals surface area contributed by atoms with Crippen molar-refractivity contribution in [1.82, 2.24) is 0 Å². The molecule has 0 saturated heterocycles. The SMILES string of the molecule is CCCCCCCCC(CCCC)S(=O)(=O)Cl. The summed E-state index contributed by atoms with van der Waals surface area (Å²) in [5.41, 5.74) is 0. The lowest BCUT2D eigenvalue weighted by Gasteiger charge is -2.12. The second-order valence-electron chi connectivity index (χ2n) is 4.80. The van der Waals surface area contributed by atoms with Crippen LogP contribution in [0, 0.1) is 0 Å². The molecule has 0 aromatic heterocycles. The average Bonchev–Trinajstić information content (AvgIpc) is 2.25. The van der Waals surface area contributed by atoms with Crippen LogP contribution in [-0.4, -0.2) is 13.7 Å². The predicted molar refractivity (Wildman–Crippen MR) is 76.1 cm³/mol. The van der Waals surface area contributed by atoms with Crippen LogP contribution in [-0.2, 0) is 9.05 Å². The Morgan fingerprint density at radius 2 is 1.29 bits per heavy atom. The van der Waals surface area contributed by atoms with Gasteiger partial charge in [0.2, 0.25) is 9.05 Å². The van der Waals surface area contributed by atoms with Crippen molar-refractivity contribution in [1.29, 1.82) is 0 Å². The molecule has 0 aromatic rings. The first-order valence-corrected chi connectivity index (χ1v) is 9.33. The molecular formula is C13H27ClO2S. The van der Waals surface area contributed by atoms with Crippen LogP contribution in [0.4, 0.5) is 0 Å². The molecule has 17 heavy (non-hydrogen) atoms. The molecule has 0 saturated carbocycles. The van der Waals surface area contributed by atoms with Crippen LogP contribution >= 0.6 is 10.7 Å². The summed E-state index contributed by atoms with van der Waals surface area (Å²) in [4.78, 5) is 0. The summed E-state index contributed by atoms with van der Waals surface area (Å²) in [5.74, 6) is 0. The fraction of sp³-hybridized carbons (Fsp3) is 1.00. The van der Waals surface area contributed by atoms with Crippen molar-refractivity contribution in [2.75, 3.05) is 0 Å². The standard InChI is InChI=1S/C13H27ClO2S/c1-3-5-7-8-9-10-12-13(11-6-4-2)17(14,15)16/h13H,3-12H2,1-2H3. The van der Waals surface area contributed by atoms with Gasteiger partial charge in [0.25, 0.3) is 0 Å². The molecule has 0 N–H and O–H groups in total. The summed E-state index contributed by atoms with van der Waals surface area (Å²) >= 11 is 0. The smallest absolute Gasteiger partial charge is 0.212 e. The Hall–Kier alpha value is 0.240. The summed E-state index contributed by atoms with van der Waals surface area (Å²) in [5, 5.41) is -0.324. The fourth-order valence-electron chi connectivity index (χ4n) is 2.01. The molecule has 0 amide bonds. The Kier molecular flexibility index (Phi) is 10.3. The number of hydrogen-bond acceptors (Lipinski definition) is 2. The maximum Gasteiger partial charge on any atom is 0.235 e. The van der Waals surface area contributed by atoms with Crippen molar-refractivity contribution in [3.8, 4) is 0 Å². The van der Waals surface area contributed by atoms with Gasteiger partial charge in [-0.05, 0) is 12.8 Å². The number of halogens is 1. The normalized spacial score (nSPS) is 13.8. The van der Waals surface area contributed by atoms with Gasteiger partial charge in [-0.15, -0.1) is 0 Å². The Morgan fingerprint density at radius 1 is 0.824 bits per heavy atom. The van der Waals surface area contributed by atoms with Gasteiger partial charge in [-0.3, -0.25) is 0 Å². The molecule has 0 heterocycles. The van der Waals surface area contributed by atoms with Crippen LogP contribution in [0.1, 0.15) is 78.1 Å². The van der Waals surface area contributed by atoms with E-state index < -0.39 is 9.05 Å². The number of rotatable bonds is 11. The van der Waals surface area contributed by atoms with Gasteiger partial charge in [0.15, 0.2) is 0 Å². The van der Waals surface area contributed by atoms with E-state index in [1.165, 1.54) is 25.7 Å². The highest BCUT2D eigenvalue weighted by molar-refractivity contribution is 8.14. The molecule has 1 unspecified atom stereocenters. The van der Waals surface area contributed by atoms with Crippen molar-refractivity contribution in [2.45, 2.75) is 83.3 Å². The van der Waals surface area contributed by atoms with E-state index >= 15 is 0 Å². The Morgan fingerprint density at radius 3 is 1.82 bits per heavy atom. The Balaban J connectivity index is 3.77. The second-order valence-corrected chi connectivity index (χ2v) is 7.70. The minimum absolute atomic E-state index is 0.324. The van der Waals surface area contributed by atoms with E-state index in [1.807, 2.05) is 0 Å². The maximum atomic E-state index is 11.4. The molecule has 0 aromatic carbocycles. The van der Waals surface area contributed by atoms with Gasteiger partial charge >= 0.3 is 0 Å². The quantitative estimate of drug-likeness (QED) is 0.400. The van der Waals surface area contributed by atoms with Gasteiger partial charge in [0.05, 0.1) is 5.25 Å². The molecule has 0 bridgehead atoms. The lowest BCUT2D eigenvalue weighted by Crippen LogP contribution is -2.16. The maximum absolute atomic E-state index is 11.4. The Bertz CT molecular complexity index is 263. The van der Waals surface area contributed by atoms with Crippen LogP contribution in [0.2, 0.25) is 0 Å². The topological polar surface area (TPSA) is 34.1 Å². The third-order valence-electron chi connectivity index (χ3n) is 3.16. The van der Waals surface area contributed by atoms with E-state index in [4.69, 9.17) is 10.7 Å². The number of unbranched alkanes of at least 4 members (excludes halogenated alkanes) is 6. The second kappa shape index (κ2) is 10.2. The summed E-state index contributed by atoms with van der Waals surface area (Å²) < 4.78 is 22.7. The molecule has 2 nitrogen and oxygen atoms in total. The minimum atomic E-state index is -3.36. The van der Waals surface area contributed by atoms with Crippen LogP contribution in [0.5, 0.6) is 0 Å². The molecule has 0 aliphatic rings. The van der Waals surface area contributed by atoms with Gasteiger partial charge in [0.1, 0.15) is 0 Å². The molecular weight excluding hydrogens is 256 g/mol. The lowest BCUT2D eigenvalue weighted by molar-refractivity contribution is 0.532. The zero-order chi connectivity index (χ0) is 13.1. The van der Waals surface area contributed by atoms with Crippen molar-refractivity contribution in [2.24, 2.45) is 0 Å². The summed E-state index contributed by atoms with van der Waals surface area (Å²) in [6.07, 6.45) is 10.6. The molecule has 104 valence electrons. The molecule has 0 aliphatic heterocycles. The van der Waals surface area contributed by atoms with E-state index in [-0.39, 0.29) is 5.25 Å². The fourth-order valence-corrected chi connectivity index (χ4v) is 3.44. The van der Waals surface area contributed by atoms with Crippen molar-refractivity contribution >= 4 is 19.7 Å². The van der Waals surface area contributed by atoms with Gasteiger partial charge in [0, 0.05) is 10.7 Å². The van der Waals surface area contributed by atoms with Crippen LogP contribution in [0.25, 0.3) is 0 Å². The van der Waals surface area contributed by atoms with Crippen LogP contribution in [0.15, 0.2) is 0 Å².